The zero-order chi connectivity index (χ0) is 9.97. The Balaban J connectivity index is 0.00000112. The fraction of sp³-hybridized carbons (Fsp3) is 1.00. The molecule has 2 aliphatic rings. The first-order chi connectivity index (χ1) is 6.77. The lowest BCUT2D eigenvalue weighted by Gasteiger charge is -2.40. The second kappa shape index (κ2) is 6.04. The summed E-state index contributed by atoms with van der Waals surface area (Å²) in [6.07, 6.45) is 2.69. The van der Waals surface area contributed by atoms with Gasteiger partial charge in [-0.3, -0.25) is 4.90 Å². The summed E-state index contributed by atoms with van der Waals surface area (Å²) in [6.45, 7) is 8.74. The van der Waals surface area contributed by atoms with E-state index in [0.29, 0.717) is 12.1 Å². The number of ether oxygens (including phenoxy) is 1. The van der Waals surface area contributed by atoms with Gasteiger partial charge in [0.1, 0.15) is 0 Å². The Kier molecular flexibility index (Phi) is 5.33. The third-order valence-corrected chi connectivity index (χ3v) is 3.44. The number of halogens is 1. The molecule has 0 aromatic heterocycles. The number of hydrogen-bond donors (Lipinski definition) is 1. The largest absolute Gasteiger partial charge is 0.378 e. The topological polar surface area (TPSA) is 24.5 Å². The highest BCUT2D eigenvalue weighted by atomic mass is 35.5. The molecule has 0 aliphatic carbocycles. The minimum absolute atomic E-state index is 0. The van der Waals surface area contributed by atoms with Crippen molar-refractivity contribution in [1.82, 2.24) is 10.2 Å². The molecule has 15 heavy (non-hydrogen) atoms. The van der Waals surface area contributed by atoms with Gasteiger partial charge in [-0.1, -0.05) is 0 Å². The molecule has 2 saturated heterocycles. The summed E-state index contributed by atoms with van der Waals surface area (Å²) in [4.78, 5) is 2.59. The van der Waals surface area contributed by atoms with E-state index in [-0.39, 0.29) is 12.4 Å². The number of nitrogens with zero attached hydrogens (tertiary/aromatic N) is 1. The van der Waals surface area contributed by atoms with Crippen LogP contribution in [0.4, 0.5) is 0 Å². The molecule has 0 radical (unpaired) electrons. The average Bonchev–Trinajstić information content (AvgIpc) is 2.64. The van der Waals surface area contributed by atoms with Crippen molar-refractivity contribution in [2.45, 2.75) is 44.8 Å². The number of hydrogen-bond acceptors (Lipinski definition) is 3. The molecule has 0 aromatic carbocycles. The third kappa shape index (κ3) is 3.31. The standard InChI is InChI=1S/C11H22N2O.ClH/c1-9-7-14-8-10(2)13(9)6-11-4-3-5-12-11;/h9-12H,3-8H2,1-2H3;1H/t9?,10?,11-;/m0./s1. The molecular formula is C11H23ClN2O. The van der Waals surface area contributed by atoms with Crippen LogP contribution in [0.25, 0.3) is 0 Å². The summed E-state index contributed by atoms with van der Waals surface area (Å²) >= 11 is 0. The Bertz CT molecular complexity index is 175. The van der Waals surface area contributed by atoms with Crippen LogP contribution < -0.4 is 5.32 Å². The Labute approximate surface area is 99.0 Å². The molecule has 3 atom stereocenters. The number of nitrogens with one attached hydrogen (secondary N) is 1. The molecular weight excluding hydrogens is 212 g/mol. The molecule has 4 heteroatoms. The Morgan fingerprint density at radius 3 is 2.47 bits per heavy atom. The highest BCUT2D eigenvalue weighted by molar-refractivity contribution is 5.85. The molecule has 0 saturated carbocycles. The van der Waals surface area contributed by atoms with E-state index in [1.165, 1.54) is 25.9 Å². The van der Waals surface area contributed by atoms with E-state index in [1.807, 2.05) is 0 Å². The van der Waals surface area contributed by atoms with E-state index in [1.54, 1.807) is 0 Å². The van der Waals surface area contributed by atoms with Crippen molar-refractivity contribution in [2.75, 3.05) is 26.3 Å². The average molecular weight is 235 g/mol. The fourth-order valence-corrected chi connectivity index (χ4v) is 2.56. The van der Waals surface area contributed by atoms with Crippen molar-refractivity contribution in [2.24, 2.45) is 0 Å². The lowest BCUT2D eigenvalue weighted by molar-refractivity contribution is -0.0395. The molecule has 2 fully saturated rings. The van der Waals surface area contributed by atoms with E-state index in [0.717, 1.165) is 19.3 Å². The zero-order valence-electron chi connectivity index (χ0n) is 9.74. The first-order valence-corrected chi connectivity index (χ1v) is 5.84. The van der Waals surface area contributed by atoms with Gasteiger partial charge in [0.05, 0.1) is 13.2 Å². The summed E-state index contributed by atoms with van der Waals surface area (Å²) in [6, 6.07) is 1.89. The minimum Gasteiger partial charge on any atom is -0.378 e. The summed E-state index contributed by atoms with van der Waals surface area (Å²) < 4.78 is 5.53. The van der Waals surface area contributed by atoms with Gasteiger partial charge in [-0.2, -0.15) is 0 Å². The van der Waals surface area contributed by atoms with Gasteiger partial charge >= 0.3 is 0 Å². The Hall–Kier alpha value is 0.170. The molecule has 2 unspecified atom stereocenters. The SMILES string of the molecule is CC1COCC(C)N1C[C@@H]1CCCN1.Cl. The molecule has 1 N–H and O–H groups in total. The molecule has 2 aliphatic heterocycles. The van der Waals surface area contributed by atoms with Crippen LogP contribution in [0.15, 0.2) is 0 Å². The van der Waals surface area contributed by atoms with Crippen LogP contribution in [-0.2, 0) is 4.74 Å². The molecule has 0 spiro atoms. The van der Waals surface area contributed by atoms with Gasteiger partial charge in [-0.05, 0) is 33.2 Å². The molecule has 2 heterocycles. The van der Waals surface area contributed by atoms with Crippen molar-refractivity contribution in [3.05, 3.63) is 0 Å². The maximum absolute atomic E-state index is 5.53. The highest BCUT2D eigenvalue weighted by Gasteiger charge is 2.28. The maximum Gasteiger partial charge on any atom is 0.0620 e. The molecule has 0 bridgehead atoms. The highest BCUT2D eigenvalue weighted by Crippen LogP contribution is 2.16. The second-order valence-electron chi connectivity index (χ2n) is 4.73. The van der Waals surface area contributed by atoms with Gasteiger partial charge in [0.25, 0.3) is 0 Å². The molecule has 90 valence electrons. The van der Waals surface area contributed by atoms with Crippen molar-refractivity contribution >= 4 is 12.4 Å². The van der Waals surface area contributed by atoms with Crippen LogP contribution in [0.5, 0.6) is 0 Å². The summed E-state index contributed by atoms with van der Waals surface area (Å²) in [5.74, 6) is 0. The van der Waals surface area contributed by atoms with E-state index < -0.39 is 0 Å². The lowest BCUT2D eigenvalue weighted by atomic mass is 10.1. The van der Waals surface area contributed by atoms with Crippen LogP contribution in [0.1, 0.15) is 26.7 Å². The summed E-state index contributed by atoms with van der Waals surface area (Å²) in [5.41, 5.74) is 0. The smallest absolute Gasteiger partial charge is 0.0620 e. The quantitative estimate of drug-likeness (QED) is 0.779. The van der Waals surface area contributed by atoms with Crippen molar-refractivity contribution in [3.8, 4) is 0 Å². The Morgan fingerprint density at radius 1 is 1.27 bits per heavy atom. The number of morpholine rings is 1. The molecule has 3 nitrogen and oxygen atoms in total. The molecule has 0 amide bonds. The molecule has 2 rings (SSSR count). The van der Waals surface area contributed by atoms with E-state index in [4.69, 9.17) is 4.74 Å². The fourth-order valence-electron chi connectivity index (χ4n) is 2.56. The van der Waals surface area contributed by atoms with E-state index in [9.17, 15) is 0 Å². The van der Waals surface area contributed by atoms with Gasteiger partial charge in [0, 0.05) is 24.7 Å². The van der Waals surface area contributed by atoms with Gasteiger partial charge in [0.2, 0.25) is 0 Å². The molecule has 0 aromatic rings. The number of rotatable bonds is 2. The first kappa shape index (κ1) is 13.2. The maximum atomic E-state index is 5.53. The van der Waals surface area contributed by atoms with Crippen molar-refractivity contribution in [3.63, 3.8) is 0 Å². The van der Waals surface area contributed by atoms with Gasteiger partial charge < -0.3 is 10.1 Å². The normalized spacial score (nSPS) is 37.6. The van der Waals surface area contributed by atoms with Crippen LogP contribution in [0.2, 0.25) is 0 Å². The van der Waals surface area contributed by atoms with Crippen LogP contribution in [0.3, 0.4) is 0 Å². The monoisotopic (exact) mass is 234 g/mol. The van der Waals surface area contributed by atoms with Gasteiger partial charge in [0.15, 0.2) is 0 Å². The van der Waals surface area contributed by atoms with Crippen LogP contribution in [-0.4, -0.2) is 49.3 Å². The summed E-state index contributed by atoms with van der Waals surface area (Å²) in [7, 11) is 0. The van der Waals surface area contributed by atoms with E-state index in [2.05, 4.69) is 24.1 Å². The van der Waals surface area contributed by atoms with Gasteiger partial charge in [-0.15, -0.1) is 12.4 Å². The lowest BCUT2D eigenvalue weighted by Crippen LogP contribution is -2.53. The predicted molar refractivity (Wildman–Crippen MR) is 64.7 cm³/mol. The van der Waals surface area contributed by atoms with Gasteiger partial charge in [-0.25, -0.2) is 0 Å². The first-order valence-electron chi connectivity index (χ1n) is 5.84. The zero-order valence-corrected chi connectivity index (χ0v) is 10.6. The third-order valence-electron chi connectivity index (χ3n) is 3.44. The van der Waals surface area contributed by atoms with Crippen LogP contribution >= 0.6 is 12.4 Å². The van der Waals surface area contributed by atoms with E-state index >= 15 is 0 Å². The summed E-state index contributed by atoms with van der Waals surface area (Å²) in [5, 5.41) is 3.56. The van der Waals surface area contributed by atoms with Crippen LogP contribution in [0, 0.1) is 0 Å². The Morgan fingerprint density at radius 2 is 1.93 bits per heavy atom. The predicted octanol–water partition coefficient (Wildman–Crippen LogP) is 1.27. The van der Waals surface area contributed by atoms with Crippen molar-refractivity contribution in [1.29, 1.82) is 0 Å². The second-order valence-corrected chi connectivity index (χ2v) is 4.73. The van der Waals surface area contributed by atoms with Crippen molar-refractivity contribution < 1.29 is 4.74 Å². The minimum atomic E-state index is 0.